The molecule has 0 radical (unpaired) electrons. The predicted molar refractivity (Wildman–Crippen MR) is 96.4 cm³/mol. The number of esters is 1. The van der Waals surface area contributed by atoms with Crippen molar-refractivity contribution in [2.45, 2.75) is 13.0 Å². The number of amides is 2. The molecule has 0 aromatic carbocycles. The lowest BCUT2D eigenvalue weighted by Gasteiger charge is -2.04. The molecular weight excluding hydrogens is 394 g/mol. The molecule has 140 valence electrons. The number of rotatable bonds is 7. The third-order valence-electron chi connectivity index (χ3n) is 3.23. The highest BCUT2D eigenvalue weighted by Gasteiger charge is 2.15. The van der Waals surface area contributed by atoms with Crippen LogP contribution in [0.25, 0.3) is 10.8 Å². The molecule has 2 amide bonds. The van der Waals surface area contributed by atoms with E-state index in [1.807, 2.05) is 5.38 Å². The molecule has 0 aliphatic carbocycles. The van der Waals surface area contributed by atoms with E-state index in [4.69, 9.17) is 9.15 Å². The van der Waals surface area contributed by atoms with Crippen LogP contribution in [0.2, 0.25) is 0 Å². The Balaban J connectivity index is 1.44. The van der Waals surface area contributed by atoms with Crippen molar-refractivity contribution in [1.29, 1.82) is 0 Å². The molecule has 11 heteroatoms. The predicted octanol–water partition coefficient (Wildman–Crippen LogP) is 1.52. The molecule has 3 aromatic rings. The van der Waals surface area contributed by atoms with Gasteiger partial charge in [0.15, 0.2) is 6.61 Å². The van der Waals surface area contributed by atoms with Crippen LogP contribution in [-0.4, -0.2) is 34.2 Å². The minimum Gasteiger partial charge on any atom is -0.456 e. The Morgan fingerprint density at radius 3 is 2.67 bits per heavy atom. The van der Waals surface area contributed by atoms with Gasteiger partial charge in [0.25, 0.3) is 17.7 Å². The van der Waals surface area contributed by atoms with Crippen LogP contribution in [0.4, 0.5) is 0 Å². The number of aryl methyl sites for hydroxylation is 1. The summed E-state index contributed by atoms with van der Waals surface area (Å²) in [7, 11) is 0. The van der Waals surface area contributed by atoms with Gasteiger partial charge in [-0.1, -0.05) is 12.1 Å². The molecule has 3 rings (SSSR count). The standard InChI is InChI=1S/C16H13N3O6S2/c20-12(17-14(22)10-3-1-7-26-10)9-24-13(21)5-6-19-16(23)25-15(18-19)11-4-2-8-27-11/h1-4,7-8H,5-6,9H2,(H,17,20,22). The zero-order valence-electron chi connectivity index (χ0n) is 13.7. The lowest BCUT2D eigenvalue weighted by atomic mass is 10.4. The zero-order chi connectivity index (χ0) is 19.2. The normalized spacial score (nSPS) is 10.5. The first-order chi connectivity index (χ1) is 13.0. The van der Waals surface area contributed by atoms with E-state index < -0.39 is 30.1 Å². The van der Waals surface area contributed by atoms with Gasteiger partial charge in [-0.05, 0) is 22.9 Å². The quantitative estimate of drug-likeness (QED) is 0.590. The maximum Gasteiger partial charge on any atom is 0.437 e. The second-order valence-electron chi connectivity index (χ2n) is 5.14. The van der Waals surface area contributed by atoms with E-state index >= 15 is 0 Å². The Kier molecular flexibility index (Phi) is 5.94. The van der Waals surface area contributed by atoms with Crippen LogP contribution in [0.15, 0.2) is 44.2 Å². The summed E-state index contributed by atoms with van der Waals surface area (Å²) in [6, 6.07) is 6.80. The molecule has 0 saturated heterocycles. The van der Waals surface area contributed by atoms with Crippen molar-refractivity contribution in [3.05, 3.63) is 50.5 Å². The number of carbonyl (C=O) groups is 3. The van der Waals surface area contributed by atoms with Gasteiger partial charge < -0.3 is 9.15 Å². The third kappa shape index (κ3) is 4.99. The summed E-state index contributed by atoms with van der Waals surface area (Å²) in [4.78, 5) is 47.9. The van der Waals surface area contributed by atoms with Gasteiger partial charge in [-0.3, -0.25) is 19.7 Å². The maximum atomic E-state index is 11.7. The SMILES string of the molecule is O=C(COC(=O)CCn1nc(-c2cccs2)oc1=O)NC(=O)c1cccs1. The van der Waals surface area contributed by atoms with Crippen molar-refractivity contribution in [3.63, 3.8) is 0 Å². The van der Waals surface area contributed by atoms with Crippen LogP contribution in [0.1, 0.15) is 16.1 Å². The van der Waals surface area contributed by atoms with Gasteiger partial charge in [-0.25, -0.2) is 4.79 Å². The number of imide groups is 1. The number of carbonyl (C=O) groups excluding carboxylic acids is 3. The highest BCUT2D eigenvalue weighted by Crippen LogP contribution is 2.21. The van der Waals surface area contributed by atoms with Crippen molar-refractivity contribution in [2.24, 2.45) is 0 Å². The first-order valence-electron chi connectivity index (χ1n) is 7.68. The first-order valence-corrected chi connectivity index (χ1v) is 9.44. The number of nitrogens with one attached hydrogen (secondary N) is 1. The van der Waals surface area contributed by atoms with E-state index in [-0.39, 0.29) is 18.9 Å². The average Bonchev–Trinajstić information content (AvgIpc) is 3.39. The third-order valence-corrected chi connectivity index (χ3v) is 4.95. The minimum absolute atomic E-state index is 0.0533. The second kappa shape index (κ2) is 8.56. The Morgan fingerprint density at radius 2 is 1.96 bits per heavy atom. The van der Waals surface area contributed by atoms with Crippen molar-refractivity contribution in [3.8, 4) is 10.8 Å². The van der Waals surface area contributed by atoms with Gasteiger partial charge in [-0.15, -0.1) is 27.8 Å². The Bertz CT molecular complexity index is 988. The molecule has 1 N–H and O–H groups in total. The van der Waals surface area contributed by atoms with Crippen LogP contribution >= 0.6 is 22.7 Å². The fourth-order valence-electron chi connectivity index (χ4n) is 1.99. The summed E-state index contributed by atoms with van der Waals surface area (Å²) in [5, 5.41) is 9.64. The number of aromatic nitrogens is 2. The molecule has 0 aliphatic heterocycles. The molecule has 3 aromatic heterocycles. The monoisotopic (exact) mass is 407 g/mol. The van der Waals surface area contributed by atoms with Crippen LogP contribution < -0.4 is 11.1 Å². The maximum absolute atomic E-state index is 11.7. The van der Waals surface area contributed by atoms with E-state index in [9.17, 15) is 19.2 Å². The molecular formula is C16H13N3O6S2. The number of hydrogen-bond acceptors (Lipinski definition) is 9. The van der Waals surface area contributed by atoms with Gasteiger partial charge in [-0.2, -0.15) is 4.68 Å². The van der Waals surface area contributed by atoms with Crippen molar-refractivity contribution in [1.82, 2.24) is 15.1 Å². The molecule has 0 bridgehead atoms. The number of thiophene rings is 2. The van der Waals surface area contributed by atoms with Gasteiger partial charge in [0.2, 0.25) is 0 Å². The first kappa shape index (κ1) is 18.7. The highest BCUT2D eigenvalue weighted by molar-refractivity contribution is 7.13. The summed E-state index contributed by atoms with van der Waals surface area (Å²) in [5.74, 6) is -2.51. The van der Waals surface area contributed by atoms with E-state index in [0.29, 0.717) is 9.75 Å². The van der Waals surface area contributed by atoms with Crippen molar-refractivity contribution >= 4 is 40.5 Å². The zero-order valence-corrected chi connectivity index (χ0v) is 15.4. The van der Waals surface area contributed by atoms with Crippen molar-refractivity contribution in [2.75, 3.05) is 6.61 Å². The molecule has 9 nitrogen and oxygen atoms in total. The van der Waals surface area contributed by atoms with Crippen molar-refractivity contribution < 1.29 is 23.5 Å². The van der Waals surface area contributed by atoms with E-state index in [1.165, 1.54) is 22.7 Å². The minimum atomic E-state index is -0.736. The van der Waals surface area contributed by atoms with Gasteiger partial charge in [0.05, 0.1) is 22.7 Å². The summed E-state index contributed by atoms with van der Waals surface area (Å²) in [6.07, 6.45) is -0.178. The van der Waals surface area contributed by atoms with Crippen LogP contribution in [-0.2, 0) is 20.9 Å². The van der Waals surface area contributed by atoms with Crippen LogP contribution in [0.5, 0.6) is 0 Å². The summed E-state index contributed by atoms with van der Waals surface area (Å²) >= 11 is 2.55. The molecule has 0 atom stereocenters. The Hall–Kier alpha value is -3.05. The van der Waals surface area contributed by atoms with Crippen LogP contribution in [0, 0.1) is 0 Å². The van der Waals surface area contributed by atoms with Gasteiger partial charge in [0, 0.05) is 0 Å². The molecule has 27 heavy (non-hydrogen) atoms. The summed E-state index contributed by atoms with van der Waals surface area (Å²) in [5.41, 5.74) is 0. The molecule has 0 fully saturated rings. The van der Waals surface area contributed by atoms with E-state index in [1.54, 1.807) is 29.6 Å². The lowest BCUT2D eigenvalue weighted by Crippen LogP contribution is -2.33. The Labute approximate surface area is 160 Å². The molecule has 0 saturated carbocycles. The number of nitrogens with zero attached hydrogens (tertiary/aromatic N) is 2. The number of ether oxygens (including phenoxy) is 1. The summed E-state index contributed by atoms with van der Waals surface area (Å²) in [6.45, 7) is -0.646. The Morgan fingerprint density at radius 1 is 1.19 bits per heavy atom. The van der Waals surface area contributed by atoms with Gasteiger partial charge in [0.1, 0.15) is 0 Å². The largest absolute Gasteiger partial charge is 0.456 e. The molecule has 0 aliphatic rings. The topological polar surface area (TPSA) is 120 Å². The van der Waals surface area contributed by atoms with Crippen LogP contribution in [0.3, 0.4) is 0 Å². The second-order valence-corrected chi connectivity index (χ2v) is 7.03. The van der Waals surface area contributed by atoms with E-state index in [2.05, 4.69) is 10.4 Å². The fourth-order valence-corrected chi connectivity index (χ4v) is 3.26. The highest BCUT2D eigenvalue weighted by atomic mass is 32.1. The molecule has 0 spiro atoms. The smallest absolute Gasteiger partial charge is 0.437 e. The van der Waals surface area contributed by atoms with E-state index in [0.717, 1.165) is 4.68 Å². The summed E-state index contributed by atoms with van der Waals surface area (Å²) < 4.78 is 10.8. The lowest BCUT2D eigenvalue weighted by molar-refractivity contribution is -0.148. The molecule has 3 heterocycles. The average molecular weight is 407 g/mol. The van der Waals surface area contributed by atoms with Gasteiger partial charge >= 0.3 is 11.7 Å². The number of hydrogen-bond donors (Lipinski definition) is 1. The fraction of sp³-hybridized carbons (Fsp3) is 0.188. The molecule has 0 unspecified atom stereocenters.